The maximum atomic E-state index is 6.07. The number of aryl methyl sites for hydroxylation is 1. The minimum absolute atomic E-state index is 0.530. The highest BCUT2D eigenvalue weighted by molar-refractivity contribution is 5.89. The third kappa shape index (κ3) is 1.85. The van der Waals surface area contributed by atoms with Crippen LogP contribution in [0.4, 0.5) is 5.69 Å². The van der Waals surface area contributed by atoms with Crippen LogP contribution in [-0.2, 0) is 0 Å². The number of hydrogen-bond acceptors (Lipinski definition) is 5. The molecule has 2 N–H and O–H groups in total. The SMILES string of the molecule is CCOc1ncccc1-n1nc(C)c2nccc(N)c21. The van der Waals surface area contributed by atoms with Gasteiger partial charge in [-0.1, -0.05) is 0 Å². The lowest BCUT2D eigenvalue weighted by Gasteiger charge is -2.10. The van der Waals surface area contributed by atoms with Gasteiger partial charge in [0.15, 0.2) is 0 Å². The maximum Gasteiger partial charge on any atom is 0.239 e. The van der Waals surface area contributed by atoms with E-state index in [0.717, 1.165) is 22.4 Å². The van der Waals surface area contributed by atoms with Gasteiger partial charge in [-0.2, -0.15) is 5.10 Å². The van der Waals surface area contributed by atoms with Gasteiger partial charge in [0, 0.05) is 12.4 Å². The second kappa shape index (κ2) is 4.80. The summed E-state index contributed by atoms with van der Waals surface area (Å²) in [7, 11) is 0. The van der Waals surface area contributed by atoms with Crippen LogP contribution in [0.25, 0.3) is 16.7 Å². The van der Waals surface area contributed by atoms with E-state index in [0.29, 0.717) is 18.2 Å². The number of pyridine rings is 2. The number of anilines is 1. The Bertz CT molecular complexity index is 765. The van der Waals surface area contributed by atoms with Gasteiger partial charge in [0.1, 0.15) is 16.7 Å². The number of nitrogens with two attached hydrogens (primary N) is 1. The molecular weight excluding hydrogens is 254 g/mol. The number of aromatic nitrogens is 4. The molecule has 6 nitrogen and oxygen atoms in total. The zero-order valence-electron chi connectivity index (χ0n) is 11.4. The number of nitrogen functional groups attached to an aromatic ring is 1. The molecule has 0 unspecified atom stereocenters. The van der Waals surface area contributed by atoms with Gasteiger partial charge in [-0.05, 0) is 32.0 Å². The molecule has 102 valence electrons. The van der Waals surface area contributed by atoms with E-state index in [9.17, 15) is 0 Å². The molecule has 0 saturated heterocycles. The van der Waals surface area contributed by atoms with Crippen molar-refractivity contribution in [1.29, 1.82) is 0 Å². The van der Waals surface area contributed by atoms with E-state index < -0.39 is 0 Å². The number of rotatable bonds is 3. The average molecular weight is 269 g/mol. The van der Waals surface area contributed by atoms with Crippen molar-refractivity contribution in [1.82, 2.24) is 19.7 Å². The minimum Gasteiger partial charge on any atom is -0.476 e. The van der Waals surface area contributed by atoms with Crippen molar-refractivity contribution in [3.63, 3.8) is 0 Å². The first kappa shape index (κ1) is 12.4. The highest BCUT2D eigenvalue weighted by Crippen LogP contribution is 2.28. The first-order valence-electron chi connectivity index (χ1n) is 6.40. The smallest absolute Gasteiger partial charge is 0.239 e. The van der Waals surface area contributed by atoms with E-state index in [4.69, 9.17) is 10.5 Å². The van der Waals surface area contributed by atoms with E-state index in [-0.39, 0.29) is 0 Å². The Kier molecular flexibility index (Phi) is 2.98. The van der Waals surface area contributed by atoms with Crippen molar-refractivity contribution < 1.29 is 4.74 Å². The normalized spacial score (nSPS) is 10.9. The van der Waals surface area contributed by atoms with Gasteiger partial charge in [-0.3, -0.25) is 4.98 Å². The highest BCUT2D eigenvalue weighted by Gasteiger charge is 2.16. The quantitative estimate of drug-likeness (QED) is 0.787. The lowest BCUT2D eigenvalue weighted by Crippen LogP contribution is -2.04. The van der Waals surface area contributed by atoms with Crippen molar-refractivity contribution in [2.75, 3.05) is 12.3 Å². The summed E-state index contributed by atoms with van der Waals surface area (Å²) in [6, 6.07) is 5.50. The third-order valence-corrected chi connectivity index (χ3v) is 3.02. The Morgan fingerprint density at radius 3 is 2.90 bits per heavy atom. The monoisotopic (exact) mass is 269 g/mol. The number of ether oxygens (including phenoxy) is 1. The summed E-state index contributed by atoms with van der Waals surface area (Å²) in [4.78, 5) is 8.59. The minimum atomic E-state index is 0.530. The fourth-order valence-electron chi connectivity index (χ4n) is 2.17. The Hall–Kier alpha value is -2.63. The fraction of sp³-hybridized carbons (Fsp3) is 0.214. The van der Waals surface area contributed by atoms with Gasteiger partial charge in [0.25, 0.3) is 0 Å². The van der Waals surface area contributed by atoms with Crippen molar-refractivity contribution in [2.24, 2.45) is 0 Å². The van der Waals surface area contributed by atoms with Gasteiger partial charge < -0.3 is 10.5 Å². The second-order valence-electron chi connectivity index (χ2n) is 4.36. The second-order valence-corrected chi connectivity index (χ2v) is 4.36. The molecule has 20 heavy (non-hydrogen) atoms. The lowest BCUT2D eigenvalue weighted by molar-refractivity contribution is 0.325. The molecule has 0 aliphatic heterocycles. The van der Waals surface area contributed by atoms with Crippen LogP contribution in [0.2, 0.25) is 0 Å². The Morgan fingerprint density at radius 1 is 1.25 bits per heavy atom. The Labute approximate surface area is 116 Å². The first-order chi connectivity index (χ1) is 9.72. The summed E-state index contributed by atoms with van der Waals surface area (Å²) >= 11 is 0. The standard InChI is InChI=1S/C14H15N5O/c1-3-20-14-11(5-4-7-17-14)19-13-10(15)6-8-16-12(13)9(2)18-19/h4-8H,3H2,1-2H3,(H2,15,16). The number of fused-ring (bicyclic) bond motifs is 1. The molecule has 3 heterocycles. The van der Waals surface area contributed by atoms with Crippen molar-refractivity contribution in [2.45, 2.75) is 13.8 Å². The molecule has 0 radical (unpaired) electrons. The molecule has 0 aliphatic carbocycles. The number of hydrogen-bond donors (Lipinski definition) is 1. The Morgan fingerprint density at radius 2 is 2.10 bits per heavy atom. The predicted octanol–water partition coefficient (Wildman–Crippen LogP) is 2.10. The summed E-state index contributed by atoms with van der Waals surface area (Å²) in [5.74, 6) is 0.530. The van der Waals surface area contributed by atoms with Crippen LogP contribution in [-0.4, -0.2) is 26.4 Å². The van der Waals surface area contributed by atoms with Crippen LogP contribution in [0.3, 0.4) is 0 Å². The highest BCUT2D eigenvalue weighted by atomic mass is 16.5. The van der Waals surface area contributed by atoms with Crippen LogP contribution < -0.4 is 10.5 Å². The van der Waals surface area contributed by atoms with Crippen LogP contribution in [0.1, 0.15) is 12.6 Å². The van der Waals surface area contributed by atoms with Gasteiger partial charge in [0.05, 0.1) is 18.0 Å². The van der Waals surface area contributed by atoms with Gasteiger partial charge in [0.2, 0.25) is 5.88 Å². The molecule has 0 aromatic carbocycles. The topological polar surface area (TPSA) is 78.8 Å². The predicted molar refractivity (Wildman–Crippen MR) is 77.0 cm³/mol. The molecule has 0 bridgehead atoms. The summed E-state index contributed by atoms with van der Waals surface area (Å²) in [6.45, 7) is 4.36. The van der Waals surface area contributed by atoms with Crippen molar-refractivity contribution in [3.8, 4) is 11.6 Å². The average Bonchev–Trinajstić information content (AvgIpc) is 2.79. The molecule has 0 saturated carbocycles. The molecular formula is C14H15N5O. The van der Waals surface area contributed by atoms with Gasteiger partial charge in [-0.25, -0.2) is 9.67 Å². The van der Waals surface area contributed by atoms with E-state index >= 15 is 0 Å². The fourth-order valence-corrected chi connectivity index (χ4v) is 2.17. The van der Waals surface area contributed by atoms with Crippen molar-refractivity contribution >= 4 is 16.7 Å². The molecule has 6 heteroatoms. The Balaban J connectivity index is 2.30. The molecule has 3 aromatic rings. The molecule has 0 atom stereocenters. The first-order valence-corrected chi connectivity index (χ1v) is 6.40. The van der Waals surface area contributed by atoms with Gasteiger partial charge in [-0.15, -0.1) is 0 Å². The zero-order valence-corrected chi connectivity index (χ0v) is 11.4. The molecule has 3 rings (SSSR count). The summed E-state index contributed by atoms with van der Waals surface area (Å²) < 4.78 is 7.30. The number of nitrogens with zero attached hydrogens (tertiary/aromatic N) is 4. The summed E-state index contributed by atoms with van der Waals surface area (Å²) in [6.07, 6.45) is 3.37. The van der Waals surface area contributed by atoms with Crippen LogP contribution in [0.5, 0.6) is 5.88 Å². The van der Waals surface area contributed by atoms with E-state index in [1.165, 1.54) is 0 Å². The van der Waals surface area contributed by atoms with E-state index in [2.05, 4.69) is 15.1 Å². The van der Waals surface area contributed by atoms with Crippen LogP contribution in [0.15, 0.2) is 30.6 Å². The van der Waals surface area contributed by atoms with E-state index in [1.807, 2.05) is 26.0 Å². The maximum absolute atomic E-state index is 6.07. The van der Waals surface area contributed by atoms with Gasteiger partial charge >= 0.3 is 0 Å². The van der Waals surface area contributed by atoms with E-state index in [1.54, 1.807) is 23.1 Å². The summed E-state index contributed by atoms with van der Waals surface area (Å²) in [5.41, 5.74) is 9.84. The summed E-state index contributed by atoms with van der Waals surface area (Å²) in [5, 5.41) is 4.52. The third-order valence-electron chi connectivity index (χ3n) is 3.02. The lowest BCUT2D eigenvalue weighted by atomic mass is 10.3. The molecule has 0 amide bonds. The van der Waals surface area contributed by atoms with Crippen LogP contribution >= 0.6 is 0 Å². The molecule has 3 aromatic heterocycles. The zero-order chi connectivity index (χ0) is 14.1. The van der Waals surface area contributed by atoms with Crippen LogP contribution in [0, 0.1) is 6.92 Å². The van der Waals surface area contributed by atoms with Crippen molar-refractivity contribution in [3.05, 3.63) is 36.3 Å². The molecule has 0 spiro atoms. The molecule has 0 fully saturated rings. The molecule has 0 aliphatic rings. The largest absolute Gasteiger partial charge is 0.476 e.